The molecule has 100 valence electrons. The number of ether oxygens (including phenoxy) is 1. The van der Waals surface area contributed by atoms with Gasteiger partial charge in [0.1, 0.15) is 5.69 Å². The SMILES string of the molecule is COCCN(CCO)c1c(C)cccc1[N+](=O)[O-]. The van der Waals surface area contributed by atoms with Crippen molar-refractivity contribution in [3.8, 4) is 0 Å². The highest BCUT2D eigenvalue weighted by Crippen LogP contribution is 2.31. The molecule has 0 heterocycles. The first-order valence-corrected chi connectivity index (χ1v) is 5.70. The van der Waals surface area contributed by atoms with E-state index < -0.39 is 4.92 Å². The lowest BCUT2D eigenvalue weighted by Crippen LogP contribution is -2.31. The minimum Gasteiger partial charge on any atom is -0.395 e. The molecule has 0 aliphatic heterocycles. The van der Waals surface area contributed by atoms with Crippen molar-refractivity contribution >= 4 is 11.4 Å². The summed E-state index contributed by atoms with van der Waals surface area (Å²) in [5, 5.41) is 20.1. The fourth-order valence-electron chi connectivity index (χ4n) is 1.86. The second-order valence-electron chi connectivity index (χ2n) is 3.90. The number of anilines is 1. The van der Waals surface area contributed by atoms with Gasteiger partial charge in [-0.05, 0) is 12.5 Å². The van der Waals surface area contributed by atoms with E-state index in [1.807, 2.05) is 13.0 Å². The van der Waals surface area contributed by atoms with Crippen molar-refractivity contribution in [2.75, 3.05) is 38.3 Å². The third-order valence-corrected chi connectivity index (χ3v) is 2.66. The van der Waals surface area contributed by atoms with Gasteiger partial charge in [0.15, 0.2) is 0 Å². The van der Waals surface area contributed by atoms with Crippen molar-refractivity contribution in [1.82, 2.24) is 0 Å². The van der Waals surface area contributed by atoms with E-state index in [1.165, 1.54) is 6.07 Å². The number of hydrogen-bond acceptors (Lipinski definition) is 5. The van der Waals surface area contributed by atoms with Crippen LogP contribution in [0.4, 0.5) is 11.4 Å². The predicted molar refractivity (Wildman–Crippen MR) is 69.0 cm³/mol. The quantitative estimate of drug-likeness (QED) is 0.587. The maximum atomic E-state index is 11.0. The monoisotopic (exact) mass is 254 g/mol. The van der Waals surface area contributed by atoms with Gasteiger partial charge in [-0.1, -0.05) is 12.1 Å². The van der Waals surface area contributed by atoms with Crippen LogP contribution in [0.15, 0.2) is 18.2 Å². The Morgan fingerprint density at radius 1 is 1.44 bits per heavy atom. The van der Waals surface area contributed by atoms with Crippen LogP contribution in [0.3, 0.4) is 0 Å². The number of benzene rings is 1. The fourth-order valence-corrected chi connectivity index (χ4v) is 1.86. The highest BCUT2D eigenvalue weighted by molar-refractivity contribution is 5.67. The average Bonchev–Trinajstić information content (AvgIpc) is 2.34. The van der Waals surface area contributed by atoms with E-state index >= 15 is 0 Å². The molecular weight excluding hydrogens is 236 g/mol. The zero-order valence-corrected chi connectivity index (χ0v) is 10.6. The van der Waals surface area contributed by atoms with Crippen LogP contribution >= 0.6 is 0 Å². The maximum absolute atomic E-state index is 11.0. The van der Waals surface area contributed by atoms with Gasteiger partial charge in [0, 0.05) is 26.3 Å². The summed E-state index contributed by atoms with van der Waals surface area (Å²) in [5.74, 6) is 0. The van der Waals surface area contributed by atoms with E-state index in [-0.39, 0.29) is 12.3 Å². The van der Waals surface area contributed by atoms with Gasteiger partial charge >= 0.3 is 0 Å². The van der Waals surface area contributed by atoms with Crippen LogP contribution in [0.1, 0.15) is 5.56 Å². The smallest absolute Gasteiger partial charge is 0.292 e. The number of nitro groups is 1. The molecule has 0 aromatic heterocycles. The lowest BCUT2D eigenvalue weighted by Gasteiger charge is -2.24. The third-order valence-electron chi connectivity index (χ3n) is 2.66. The zero-order chi connectivity index (χ0) is 13.5. The van der Waals surface area contributed by atoms with Gasteiger partial charge in [-0.2, -0.15) is 0 Å². The third kappa shape index (κ3) is 3.41. The Hall–Kier alpha value is -1.66. The Labute approximate surface area is 106 Å². The molecule has 0 unspecified atom stereocenters. The van der Waals surface area contributed by atoms with Gasteiger partial charge in [0.25, 0.3) is 5.69 Å². The molecule has 6 nitrogen and oxygen atoms in total. The molecule has 0 saturated heterocycles. The Kier molecular flexibility index (Phi) is 5.54. The highest BCUT2D eigenvalue weighted by atomic mass is 16.6. The summed E-state index contributed by atoms with van der Waals surface area (Å²) in [6.07, 6.45) is 0. The van der Waals surface area contributed by atoms with Crippen LogP contribution in [-0.4, -0.2) is 43.4 Å². The summed E-state index contributed by atoms with van der Waals surface area (Å²) in [6.45, 7) is 3.05. The van der Waals surface area contributed by atoms with Crippen molar-refractivity contribution in [2.45, 2.75) is 6.92 Å². The molecule has 1 aromatic carbocycles. The van der Waals surface area contributed by atoms with Crippen LogP contribution in [-0.2, 0) is 4.74 Å². The summed E-state index contributed by atoms with van der Waals surface area (Å²) in [4.78, 5) is 12.4. The first-order chi connectivity index (χ1) is 8.61. The number of para-hydroxylation sites is 1. The molecule has 0 bridgehead atoms. The Morgan fingerprint density at radius 2 is 2.17 bits per heavy atom. The summed E-state index contributed by atoms with van der Waals surface area (Å²) in [6, 6.07) is 4.95. The van der Waals surface area contributed by atoms with Gasteiger partial charge in [-0.15, -0.1) is 0 Å². The molecule has 0 radical (unpaired) electrons. The van der Waals surface area contributed by atoms with Crippen molar-refractivity contribution < 1.29 is 14.8 Å². The van der Waals surface area contributed by atoms with Crippen molar-refractivity contribution in [1.29, 1.82) is 0 Å². The standard InChI is InChI=1S/C12H18N2O4/c1-10-4-3-5-11(14(16)17)12(10)13(6-8-15)7-9-18-2/h3-5,15H,6-9H2,1-2H3. The fraction of sp³-hybridized carbons (Fsp3) is 0.500. The Balaban J connectivity index is 3.12. The van der Waals surface area contributed by atoms with E-state index in [1.54, 1.807) is 18.1 Å². The van der Waals surface area contributed by atoms with E-state index in [9.17, 15) is 10.1 Å². The lowest BCUT2D eigenvalue weighted by molar-refractivity contribution is -0.384. The summed E-state index contributed by atoms with van der Waals surface area (Å²) < 4.78 is 4.99. The molecule has 1 N–H and O–H groups in total. The van der Waals surface area contributed by atoms with E-state index in [4.69, 9.17) is 9.84 Å². The molecule has 6 heteroatoms. The number of hydrogen-bond donors (Lipinski definition) is 1. The summed E-state index contributed by atoms with van der Waals surface area (Å²) >= 11 is 0. The van der Waals surface area contributed by atoms with Crippen LogP contribution < -0.4 is 4.90 Å². The van der Waals surface area contributed by atoms with Crippen LogP contribution in [0.5, 0.6) is 0 Å². The molecular formula is C12H18N2O4. The number of nitro benzene ring substituents is 1. The van der Waals surface area contributed by atoms with Crippen molar-refractivity contribution in [2.24, 2.45) is 0 Å². The minimum atomic E-state index is -0.403. The van der Waals surface area contributed by atoms with Crippen LogP contribution in [0.2, 0.25) is 0 Å². The normalized spacial score (nSPS) is 10.4. The Bertz CT molecular complexity index is 409. The van der Waals surface area contributed by atoms with Crippen molar-refractivity contribution in [3.05, 3.63) is 33.9 Å². The zero-order valence-electron chi connectivity index (χ0n) is 10.6. The van der Waals surface area contributed by atoms with Gasteiger partial charge in [0.05, 0.1) is 18.1 Å². The number of methoxy groups -OCH3 is 1. The number of aryl methyl sites for hydroxylation is 1. The van der Waals surface area contributed by atoms with Crippen LogP contribution in [0, 0.1) is 17.0 Å². The molecule has 18 heavy (non-hydrogen) atoms. The number of aliphatic hydroxyl groups is 1. The van der Waals surface area contributed by atoms with E-state index in [2.05, 4.69) is 0 Å². The van der Waals surface area contributed by atoms with E-state index in [0.29, 0.717) is 25.4 Å². The molecule has 1 rings (SSSR count). The molecule has 0 fully saturated rings. The second kappa shape index (κ2) is 6.93. The van der Waals surface area contributed by atoms with Crippen molar-refractivity contribution in [3.63, 3.8) is 0 Å². The topological polar surface area (TPSA) is 75.8 Å². The largest absolute Gasteiger partial charge is 0.395 e. The minimum absolute atomic E-state index is 0.0551. The highest BCUT2D eigenvalue weighted by Gasteiger charge is 2.20. The van der Waals surface area contributed by atoms with Crippen LogP contribution in [0.25, 0.3) is 0 Å². The second-order valence-corrected chi connectivity index (χ2v) is 3.90. The number of rotatable bonds is 7. The molecule has 0 amide bonds. The lowest BCUT2D eigenvalue weighted by atomic mass is 10.1. The molecule has 0 spiro atoms. The summed E-state index contributed by atoms with van der Waals surface area (Å²) in [5.41, 5.74) is 1.42. The average molecular weight is 254 g/mol. The van der Waals surface area contributed by atoms with Gasteiger partial charge < -0.3 is 14.7 Å². The Morgan fingerprint density at radius 3 is 2.72 bits per heavy atom. The molecule has 0 atom stereocenters. The number of aliphatic hydroxyl groups excluding tert-OH is 1. The van der Waals surface area contributed by atoms with Gasteiger partial charge in [-0.3, -0.25) is 10.1 Å². The first-order valence-electron chi connectivity index (χ1n) is 5.70. The predicted octanol–water partition coefficient (Wildman–Crippen LogP) is 1.35. The van der Waals surface area contributed by atoms with E-state index in [0.717, 1.165) is 5.56 Å². The number of nitrogens with zero attached hydrogens (tertiary/aromatic N) is 2. The first kappa shape index (κ1) is 14.4. The summed E-state index contributed by atoms with van der Waals surface area (Å²) in [7, 11) is 1.57. The molecule has 0 aliphatic rings. The maximum Gasteiger partial charge on any atom is 0.292 e. The molecule has 0 saturated carbocycles. The van der Waals surface area contributed by atoms with Gasteiger partial charge in [-0.25, -0.2) is 0 Å². The molecule has 0 aliphatic carbocycles. The van der Waals surface area contributed by atoms with Gasteiger partial charge in [0.2, 0.25) is 0 Å². The molecule has 1 aromatic rings.